The van der Waals surface area contributed by atoms with Crippen LogP contribution in [0.25, 0.3) is 0 Å². The largest absolute Gasteiger partial charge is 0.550 e. The van der Waals surface area contributed by atoms with E-state index in [9.17, 15) is 9.90 Å². The fourth-order valence-corrected chi connectivity index (χ4v) is 2.19. The fourth-order valence-electron chi connectivity index (χ4n) is 2.02. The van der Waals surface area contributed by atoms with Gasteiger partial charge in [-0.3, -0.25) is 10.4 Å². The molecule has 0 bridgehead atoms. The van der Waals surface area contributed by atoms with Gasteiger partial charge in [-0.15, -0.1) is 0 Å². The van der Waals surface area contributed by atoms with Gasteiger partial charge in [0.1, 0.15) is 0 Å². The number of benzene rings is 1. The van der Waals surface area contributed by atoms with Gasteiger partial charge in [-0.1, -0.05) is 29.8 Å². The van der Waals surface area contributed by atoms with Crippen LogP contribution in [0.4, 0.5) is 5.69 Å². The number of hydrazone groups is 1. The number of rotatable bonds is 8. The number of carboxylic acids is 1. The Bertz CT molecular complexity index is 675. The Morgan fingerprint density at radius 1 is 1.13 bits per heavy atom. The summed E-state index contributed by atoms with van der Waals surface area (Å²) >= 11 is 6.10. The predicted molar refractivity (Wildman–Crippen MR) is 89.3 cm³/mol. The van der Waals surface area contributed by atoms with Crippen molar-refractivity contribution in [3.63, 3.8) is 0 Å². The van der Waals surface area contributed by atoms with Crippen LogP contribution in [0.5, 0.6) is 0 Å². The highest BCUT2D eigenvalue weighted by Gasteiger charge is 2.06. The second-order valence-corrected chi connectivity index (χ2v) is 5.35. The second-order valence-electron chi connectivity index (χ2n) is 4.94. The summed E-state index contributed by atoms with van der Waals surface area (Å²) in [5.41, 5.74) is 5.16. The molecule has 5 nitrogen and oxygen atoms in total. The molecular weight excluding hydrogens is 314 g/mol. The van der Waals surface area contributed by atoms with E-state index in [0.717, 1.165) is 11.4 Å². The fraction of sp³-hybridized carbons (Fsp3) is 0.235. The molecule has 23 heavy (non-hydrogen) atoms. The average molecular weight is 331 g/mol. The van der Waals surface area contributed by atoms with E-state index >= 15 is 0 Å². The van der Waals surface area contributed by atoms with Gasteiger partial charge in [0.2, 0.25) is 0 Å². The Labute approximate surface area is 140 Å². The van der Waals surface area contributed by atoms with Gasteiger partial charge in [-0.2, -0.15) is 5.10 Å². The van der Waals surface area contributed by atoms with Crippen LogP contribution in [-0.4, -0.2) is 16.7 Å². The lowest BCUT2D eigenvalue weighted by atomic mass is 10.1. The summed E-state index contributed by atoms with van der Waals surface area (Å²) in [6, 6.07) is 12.9. The van der Waals surface area contributed by atoms with Gasteiger partial charge < -0.3 is 9.90 Å². The third-order valence-corrected chi connectivity index (χ3v) is 3.52. The van der Waals surface area contributed by atoms with Crippen molar-refractivity contribution >= 4 is 29.0 Å². The molecule has 1 N–H and O–H groups in total. The maximum Gasteiger partial charge on any atom is 0.0863 e. The van der Waals surface area contributed by atoms with E-state index in [4.69, 9.17) is 11.6 Å². The SMILES string of the molecule is O=C([O-])CCCC/C(=N/Nc1ccccc1Cl)c1ccccn1. The number of anilines is 1. The molecular formula is C17H17ClN3O2-. The lowest BCUT2D eigenvalue weighted by Crippen LogP contribution is -2.21. The van der Waals surface area contributed by atoms with Gasteiger partial charge in [0.05, 0.1) is 22.1 Å². The molecule has 120 valence electrons. The van der Waals surface area contributed by atoms with Crippen LogP contribution in [0.3, 0.4) is 0 Å². The third kappa shape index (κ3) is 5.71. The second kappa shape index (κ2) is 8.90. The van der Waals surface area contributed by atoms with Crippen LogP contribution < -0.4 is 10.5 Å². The molecule has 0 spiro atoms. The van der Waals surface area contributed by atoms with Crippen LogP contribution in [0.15, 0.2) is 53.8 Å². The summed E-state index contributed by atoms with van der Waals surface area (Å²) in [6.07, 6.45) is 3.59. The van der Waals surface area contributed by atoms with E-state index in [1.807, 2.05) is 36.4 Å². The van der Waals surface area contributed by atoms with E-state index in [1.54, 1.807) is 12.3 Å². The maximum absolute atomic E-state index is 10.5. The summed E-state index contributed by atoms with van der Waals surface area (Å²) in [4.78, 5) is 14.8. The van der Waals surface area contributed by atoms with Crippen molar-refractivity contribution in [2.24, 2.45) is 5.10 Å². The van der Waals surface area contributed by atoms with Crippen LogP contribution >= 0.6 is 11.6 Å². The molecule has 2 rings (SSSR count). The maximum atomic E-state index is 10.5. The number of hydrogen-bond donors (Lipinski definition) is 1. The molecule has 0 atom stereocenters. The molecule has 1 aromatic carbocycles. The van der Waals surface area contributed by atoms with Crippen molar-refractivity contribution in [2.45, 2.75) is 25.7 Å². The number of hydrogen-bond acceptors (Lipinski definition) is 5. The highest BCUT2D eigenvalue weighted by molar-refractivity contribution is 6.33. The quantitative estimate of drug-likeness (QED) is 0.458. The van der Waals surface area contributed by atoms with Crippen molar-refractivity contribution in [3.8, 4) is 0 Å². The number of nitrogens with one attached hydrogen (secondary N) is 1. The normalized spacial score (nSPS) is 11.3. The Morgan fingerprint density at radius 3 is 2.57 bits per heavy atom. The summed E-state index contributed by atoms with van der Waals surface area (Å²) in [6.45, 7) is 0. The molecule has 0 saturated carbocycles. The van der Waals surface area contributed by atoms with Gasteiger partial charge in [0, 0.05) is 12.2 Å². The van der Waals surface area contributed by atoms with Crippen LogP contribution in [0, 0.1) is 0 Å². The minimum Gasteiger partial charge on any atom is -0.550 e. The molecule has 0 aliphatic rings. The molecule has 0 fully saturated rings. The number of pyridine rings is 1. The average Bonchev–Trinajstić information content (AvgIpc) is 2.56. The first kappa shape index (κ1) is 17.0. The monoisotopic (exact) mass is 330 g/mol. The Balaban J connectivity index is 2.08. The zero-order valence-electron chi connectivity index (χ0n) is 12.5. The lowest BCUT2D eigenvalue weighted by molar-refractivity contribution is -0.305. The predicted octanol–water partition coefficient (Wildman–Crippen LogP) is 2.86. The van der Waals surface area contributed by atoms with Gasteiger partial charge in [0.15, 0.2) is 0 Å². The van der Waals surface area contributed by atoms with E-state index in [-0.39, 0.29) is 6.42 Å². The third-order valence-electron chi connectivity index (χ3n) is 3.19. The molecule has 1 heterocycles. The Hall–Kier alpha value is -2.40. The number of carbonyl (C=O) groups excluding carboxylic acids is 1. The first-order chi connectivity index (χ1) is 11.2. The first-order valence-corrected chi connectivity index (χ1v) is 7.73. The molecule has 0 aliphatic carbocycles. The summed E-state index contributed by atoms with van der Waals surface area (Å²) in [5, 5.41) is 15.5. The summed E-state index contributed by atoms with van der Waals surface area (Å²) in [5.74, 6) is -1.03. The van der Waals surface area contributed by atoms with Gasteiger partial charge in [0.25, 0.3) is 0 Å². The van der Waals surface area contributed by atoms with E-state index in [2.05, 4.69) is 15.5 Å². The number of unbranched alkanes of at least 4 members (excludes halogenated alkanes) is 1. The molecule has 0 amide bonds. The zero-order valence-corrected chi connectivity index (χ0v) is 13.3. The molecule has 1 aromatic heterocycles. The number of carbonyl (C=O) groups is 1. The Kier molecular flexibility index (Phi) is 6.56. The standard InChI is InChI=1S/C17H18ClN3O2/c18-13-7-1-2-8-14(13)20-21-16(10-3-4-11-17(22)23)15-9-5-6-12-19-15/h1-2,5-9,12,20H,3-4,10-11H2,(H,22,23)/p-1/b21-16-. The summed E-state index contributed by atoms with van der Waals surface area (Å²) < 4.78 is 0. The number of halogens is 1. The molecule has 0 unspecified atom stereocenters. The minimum absolute atomic E-state index is 0.0490. The molecule has 0 aliphatic heterocycles. The topological polar surface area (TPSA) is 77.4 Å². The summed E-state index contributed by atoms with van der Waals surface area (Å²) in [7, 11) is 0. The minimum atomic E-state index is -1.03. The van der Waals surface area contributed by atoms with Gasteiger partial charge in [-0.05, 0) is 49.9 Å². The van der Waals surface area contributed by atoms with Gasteiger partial charge >= 0.3 is 0 Å². The van der Waals surface area contributed by atoms with E-state index in [0.29, 0.717) is 30.0 Å². The number of aliphatic carboxylic acids is 1. The van der Waals surface area contributed by atoms with Crippen molar-refractivity contribution in [1.29, 1.82) is 0 Å². The highest BCUT2D eigenvalue weighted by atomic mass is 35.5. The zero-order chi connectivity index (χ0) is 16.5. The Morgan fingerprint density at radius 2 is 1.87 bits per heavy atom. The van der Waals surface area contributed by atoms with Crippen LogP contribution in [0.2, 0.25) is 5.02 Å². The molecule has 6 heteroatoms. The first-order valence-electron chi connectivity index (χ1n) is 7.35. The van der Waals surface area contributed by atoms with E-state index in [1.165, 1.54) is 0 Å². The lowest BCUT2D eigenvalue weighted by Gasteiger charge is -2.08. The number of aromatic nitrogens is 1. The molecule has 0 radical (unpaired) electrons. The number of nitrogens with zero attached hydrogens (tertiary/aromatic N) is 2. The molecule has 0 saturated heterocycles. The molecule has 2 aromatic rings. The highest BCUT2D eigenvalue weighted by Crippen LogP contribution is 2.20. The van der Waals surface area contributed by atoms with Crippen molar-refractivity contribution in [2.75, 3.05) is 5.43 Å². The van der Waals surface area contributed by atoms with Crippen molar-refractivity contribution in [3.05, 3.63) is 59.4 Å². The number of para-hydroxylation sites is 1. The van der Waals surface area contributed by atoms with Crippen LogP contribution in [0.1, 0.15) is 31.4 Å². The van der Waals surface area contributed by atoms with Gasteiger partial charge in [-0.25, -0.2) is 0 Å². The van der Waals surface area contributed by atoms with Crippen molar-refractivity contribution < 1.29 is 9.90 Å². The van der Waals surface area contributed by atoms with E-state index < -0.39 is 5.97 Å². The smallest absolute Gasteiger partial charge is 0.0863 e. The van der Waals surface area contributed by atoms with Crippen LogP contribution in [-0.2, 0) is 4.79 Å². The number of carboxylic acid groups (broad SMARTS) is 1. The van der Waals surface area contributed by atoms with Crippen molar-refractivity contribution in [1.82, 2.24) is 4.98 Å².